The number of carbonyl (C=O) groups excluding carboxylic acids is 2. The molecule has 1 heterocycles. The highest BCUT2D eigenvalue weighted by molar-refractivity contribution is 9.10. The highest BCUT2D eigenvalue weighted by atomic mass is 79.9. The Balaban J connectivity index is 1.71. The minimum Gasteiger partial charge on any atom is -0.337 e. The average Bonchev–Trinajstić information content (AvgIpc) is 2.87. The van der Waals surface area contributed by atoms with Crippen LogP contribution in [0.2, 0.25) is 0 Å². The molecule has 1 fully saturated rings. The molecule has 2 amide bonds. The fraction of sp³-hybridized carbons (Fsp3) is 0.263. The molecule has 4 nitrogen and oxygen atoms in total. The van der Waals surface area contributed by atoms with Gasteiger partial charge in [0.15, 0.2) is 0 Å². The first-order chi connectivity index (χ1) is 12.5. The second-order valence-corrected chi connectivity index (χ2v) is 6.96. The van der Waals surface area contributed by atoms with Crippen molar-refractivity contribution in [2.24, 2.45) is 0 Å². The lowest BCUT2D eigenvalue weighted by Crippen LogP contribution is -2.37. The van der Waals surface area contributed by atoms with E-state index in [0.29, 0.717) is 24.0 Å². The summed E-state index contributed by atoms with van der Waals surface area (Å²) in [5, 5.41) is 0. The summed E-state index contributed by atoms with van der Waals surface area (Å²) in [6.45, 7) is 1.38. The van der Waals surface area contributed by atoms with Crippen LogP contribution in [0.25, 0.3) is 0 Å². The molecule has 136 valence electrons. The van der Waals surface area contributed by atoms with Crippen molar-refractivity contribution in [1.29, 1.82) is 0 Å². The molecule has 2 aromatic rings. The fourth-order valence-electron chi connectivity index (χ4n) is 2.96. The van der Waals surface area contributed by atoms with Gasteiger partial charge in [-0.3, -0.25) is 9.59 Å². The Hall–Kier alpha value is -2.28. The second kappa shape index (κ2) is 7.95. The molecule has 2 aromatic carbocycles. The van der Waals surface area contributed by atoms with E-state index in [1.807, 2.05) is 0 Å². The smallest absolute Gasteiger partial charge is 0.256 e. The van der Waals surface area contributed by atoms with Crippen LogP contribution < -0.4 is 0 Å². The van der Waals surface area contributed by atoms with Crippen LogP contribution in [0.3, 0.4) is 0 Å². The molecule has 0 N–H and O–H groups in total. The van der Waals surface area contributed by atoms with E-state index < -0.39 is 23.4 Å². The molecule has 26 heavy (non-hydrogen) atoms. The Labute approximate surface area is 158 Å². The maximum absolute atomic E-state index is 14.0. The number of hydrogen-bond donors (Lipinski definition) is 0. The van der Waals surface area contributed by atoms with Gasteiger partial charge in [0.1, 0.15) is 11.6 Å². The largest absolute Gasteiger partial charge is 0.337 e. The molecule has 0 aromatic heterocycles. The molecular weight excluding hydrogens is 406 g/mol. The van der Waals surface area contributed by atoms with Gasteiger partial charge in [-0.15, -0.1) is 0 Å². The van der Waals surface area contributed by atoms with E-state index in [4.69, 9.17) is 0 Å². The molecule has 0 aliphatic carbocycles. The predicted octanol–water partition coefficient (Wildman–Crippen LogP) is 3.72. The van der Waals surface area contributed by atoms with Crippen molar-refractivity contribution >= 4 is 27.7 Å². The van der Waals surface area contributed by atoms with Crippen molar-refractivity contribution in [2.45, 2.75) is 6.42 Å². The molecule has 0 bridgehead atoms. The van der Waals surface area contributed by atoms with Gasteiger partial charge < -0.3 is 9.80 Å². The monoisotopic (exact) mass is 422 g/mol. The van der Waals surface area contributed by atoms with Gasteiger partial charge in [-0.05, 0) is 36.8 Å². The summed E-state index contributed by atoms with van der Waals surface area (Å²) in [5.41, 5.74) is 0.0216. The van der Waals surface area contributed by atoms with Crippen molar-refractivity contribution in [1.82, 2.24) is 9.80 Å². The minimum atomic E-state index is -0.590. The summed E-state index contributed by atoms with van der Waals surface area (Å²) >= 11 is 3.17. The normalized spacial score (nSPS) is 14.9. The van der Waals surface area contributed by atoms with Crippen LogP contribution in [0.5, 0.6) is 0 Å². The second-order valence-electron chi connectivity index (χ2n) is 6.04. The van der Waals surface area contributed by atoms with Gasteiger partial charge in [0, 0.05) is 30.7 Å². The van der Waals surface area contributed by atoms with Crippen LogP contribution in [0, 0.1) is 11.6 Å². The van der Waals surface area contributed by atoms with Gasteiger partial charge in [-0.2, -0.15) is 0 Å². The van der Waals surface area contributed by atoms with E-state index >= 15 is 0 Å². The van der Waals surface area contributed by atoms with E-state index in [2.05, 4.69) is 15.9 Å². The van der Waals surface area contributed by atoms with Gasteiger partial charge >= 0.3 is 0 Å². The third-order valence-corrected chi connectivity index (χ3v) is 4.83. The van der Waals surface area contributed by atoms with Crippen molar-refractivity contribution < 1.29 is 18.4 Å². The van der Waals surface area contributed by atoms with Crippen LogP contribution in [-0.2, 0) is 0 Å². The van der Waals surface area contributed by atoms with E-state index in [0.717, 1.165) is 0 Å². The van der Waals surface area contributed by atoms with Crippen LogP contribution in [0.4, 0.5) is 8.78 Å². The topological polar surface area (TPSA) is 40.6 Å². The lowest BCUT2D eigenvalue weighted by Gasteiger charge is -2.22. The number of benzene rings is 2. The Kier molecular flexibility index (Phi) is 5.66. The highest BCUT2D eigenvalue weighted by Gasteiger charge is 2.26. The summed E-state index contributed by atoms with van der Waals surface area (Å²) in [6, 6.07) is 10.1. The van der Waals surface area contributed by atoms with Crippen molar-refractivity contribution in [3.63, 3.8) is 0 Å². The third kappa shape index (κ3) is 3.93. The highest BCUT2D eigenvalue weighted by Crippen LogP contribution is 2.18. The maximum atomic E-state index is 14.0. The number of hydrogen-bond acceptors (Lipinski definition) is 2. The molecule has 1 aliphatic rings. The molecule has 0 unspecified atom stereocenters. The van der Waals surface area contributed by atoms with E-state index in [9.17, 15) is 18.4 Å². The lowest BCUT2D eigenvalue weighted by molar-refractivity contribution is 0.0713. The predicted molar refractivity (Wildman–Crippen MR) is 96.9 cm³/mol. The zero-order valence-corrected chi connectivity index (χ0v) is 15.5. The van der Waals surface area contributed by atoms with Crippen LogP contribution in [-0.4, -0.2) is 47.8 Å². The SMILES string of the molecule is O=C(c1ccccc1F)N1CCCN(C(=O)c2ccc(Br)cc2F)CC1. The Morgan fingerprint density at radius 1 is 0.808 bits per heavy atom. The summed E-state index contributed by atoms with van der Waals surface area (Å²) < 4.78 is 28.4. The number of amides is 2. The van der Waals surface area contributed by atoms with E-state index in [1.54, 1.807) is 12.1 Å². The Bertz CT molecular complexity index is 844. The summed E-state index contributed by atoms with van der Waals surface area (Å²) in [7, 11) is 0. The van der Waals surface area contributed by atoms with Crippen LogP contribution in [0.1, 0.15) is 27.1 Å². The molecule has 0 radical (unpaired) electrons. The minimum absolute atomic E-state index is 0.00193. The van der Waals surface area contributed by atoms with Gasteiger partial charge in [0.05, 0.1) is 11.1 Å². The van der Waals surface area contributed by atoms with Gasteiger partial charge in [0.25, 0.3) is 11.8 Å². The molecule has 0 saturated carbocycles. The van der Waals surface area contributed by atoms with E-state index in [-0.39, 0.29) is 24.2 Å². The first-order valence-corrected chi connectivity index (χ1v) is 9.05. The molecule has 0 atom stereocenters. The van der Waals surface area contributed by atoms with Crippen molar-refractivity contribution in [3.8, 4) is 0 Å². The fourth-order valence-corrected chi connectivity index (χ4v) is 3.30. The number of halogens is 3. The summed E-state index contributed by atoms with van der Waals surface area (Å²) in [4.78, 5) is 28.2. The first-order valence-electron chi connectivity index (χ1n) is 8.25. The average molecular weight is 423 g/mol. The molecule has 1 aliphatic heterocycles. The lowest BCUT2D eigenvalue weighted by atomic mass is 10.2. The Morgan fingerprint density at radius 3 is 1.96 bits per heavy atom. The Morgan fingerprint density at radius 2 is 1.38 bits per heavy atom. The summed E-state index contributed by atoms with van der Waals surface area (Å²) in [6.07, 6.45) is 0.546. The van der Waals surface area contributed by atoms with Crippen LogP contribution in [0.15, 0.2) is 46.9 Å². The molecule has 1 saturated heterocycles. The number of rotatable bonds is 2. The van der Waals surface area contributed by atoms with E-state index in [1.165, 1.54) is 40.1 Å². The third-order valence-electron chi connectivity index (χ3n) is 4.34. The standard InChI is InChI=1S/C19H17BrF2N2O2/c20-13-6-7-15(17(22)12-13)19(26)24-9-3-8-23(10-11-24)18(25)14-4-1-2-5-16(14)21/h1-2,4-7,12H,3,8-11H2. The molecule has 7 heteroatoms. The van der Waals surface area contributed by atoms with Crippen molar-refractivity contribution in [3.05, 3.63) is 69.7 Å². The molecule has 0 spiro atoms. The zero-order chi connectivity index (χ0) is 18.7. The maximum Gasteiger partial charge on any atom is 0.256 e. The first kappa shape index (κ1) is 18.5. The van der Waals surface area contributed by atoms with Crippen LogP contribution >= 0.6 is 15.9 Å². The zero-order valence-electron chi connectivity index (χ0n) is 13.9. The van der Waals surface area contributed by atoms with Crippen molar-refractivity contribution in [2.75, 3.05) is 26.2 Å². The van der Waals surface area contributed by atoms with Gasteiger partial charge in [0.2, 0.25) is 0 Å². The quantitative estimate of drug-likeness (QED) is 0.739. The molecular formula is C19H17BrF2N2O2. The van der Waals surface area contributed by atoms with Gasteiger partial charge in [-0.25, -0.2) is 8.78 Å². The number of nitrogens with zero attached hydrogens (tertiary/aromatic N) is 2. The molecule has 3 rings (SSSR count). The van der Waals surface area contributed by atoms with Gasteiger partial charge in [-0.1, -0.05) is 28.1 Å². The summed E-state index contributed by atoms with van der Waals surface area (Å²) in [5.74, 6) is -1.96. The number of carbonyl (C=O) groups is 2.